The van der Waals surface area contributed by atoms with Crippen molar-refractivity contribution >= 4 is 38.9 Å². The molecule has 1 aromatic carbocycles. The lowest BCUT2D eigenvalue weighted by atomic mass is 10.1. The van der Waals surface area contributed by atoms with Crippen LogP contribution >= 0.6 is 38.9 Å². The number of nitrogens with zero attached hydrogens (tertiary/aromatic N) is 1. The smallest absolute Gasteiger partial charge is 0.114 e. The molecule has 6 heteroatoms. The van der Waals surface area contributed by atoms with Crippen molar-refractivity contribution in [1.29, 1.82) is 0 Å². The predicted molar refractivity (Wildman–Crippen MR) is 83.0 cm³/mol. The number of hydrogen-bond acceptors (Lipinski definition) is 4. The molecule has 0 saturated carbocycles. The molecule has 0 bridgehead atoms. The van der Waals surface area contributed by atoms with Crippen LogP contribution in [-0.4, -0.2) is 25.2 Å². The van der Waals surface area contributed by atoms with E-state index in [1.165, 1.54) is 0 Å². The zero-order chi connectivity index (χ0) is 13.7. The van der Waals surface area contributed by atoms with Gasteiger partial charge in [-0.2, -0.15) is 0 Å². The first-order valence-electron chi connectivity index (χ1n) is 5.79. The van der Waals surface area contributed by atoms with Crippen molar-refractivity contribution in [1.82, 2.24) is 10.3 Å². The summed E-state index contributed by atoms with van der Waals surface area (Å²) in [6, 6.07) is 5.83. The van der Waals surface area contributed by atoms with Gasteiger partial charge in [-0.3, -0.25) is 0 Å². The van der Waals surface area contributed by atoms with Crippen LogP contribution < -0.4 is 5.32 Å². The maximum absolute atomic E-state index is 6.31. The fourth-order valence-corrected chi connectivity index (χ4v) is 3.08. The molecule has 0 fully saturated rings. The first-order valence-corrected chi connectivity index (χ1v) is 7.84. The van der Waals surface area contributed by atoms with Crippen molar-refractivity contribution in [3.63, 3.8) is 0 Å². The Kier molecular flexibility index (Phi) is 5.78. The van der Waals surface area contributed by atoms with E-state index in [4.69, 9.17) is 16.3 Å². The summed E-state index contributed by atoms with van der Waals surface area (Å²) in [6.07, 6.45) is 1.80. The van der Waals surface area contributed by atoms with Crippen LogP contribution in [0.3, 0.4) is 0 Å². The second kappa shape index (κ2) is 7.36. The van der Waals surface area contributed by atoms with Gasteiger partial charge in [0.1, 0.15) is 5.01 Å². The Morgan fingerprint density at radius 3 is 3.05 bits per heavy atom. The van der Waals surface area contributed by atoms with Gasteiger partial charge in [0.05, 0.1) is 12.6 Å². The Morgan fingerprint density at radius 1 is 1.53 bits per heavy atom. The molecule has 0 aliphatic rings. The van der Waals surface area contributed by atoms with Crippen LogP contribution in [0.15, 0.2) is 34.2 Å². The third-order valence-corrected chi connectivity index (χ3v) is 4.30. The van der Waals surface area contributed by atoms with Crippen molar-refractivity contribution in [2.45, 2.75) is 6.04 Å². The molecule has 1 unspecified atom stereocenters. The number of rotatable bonds is 6. The van der Waals surface area contributed by atoms with E-state index >= 15 is 0 Å². The number of aromatic nitrogens is 1. The normalized spacial score (nSPS) is 12.6. The molecule has 0 spiro atoms. The molecule has 0 saturated heterocycles. The molecule has 1 heterocycles. The van der Waals surface area contributed by atoms with Crippen molar-refractivity contribution in [3.05, 3.63) is 49.8 Å². The molecule has 2 aromatic rings. The minimum Gasteiger partial charge on any atom is -0.383 e. The molecule has 0 amide bonds. The number of ether oxygens (including phenoxy) is 1. The number of thiazole rings is 1. The van der Waals surface area contributed by atoms with E-state index in [1.807, 2.05) is 23.6 Å². The minimum atomic E-state index is -0.0138. The van der Waals surface area contributed by atoms with Gasteiger partial charge in [0.2, 0.25) is 0 Å². The van der Waals surface area contributed by atoms with Crippen LogP contribution in [0, 0.1) is 0 Å². The number of hydrogen-bond donors (Lipinski definition) is 1. The molecule has 1 atom stereocenters. The number of nitrogens with one attached hydrogen (secondary N) is 1. The molecule has 102 valence electrons. The van der Waals surface area contributed by atoms with E-state index in [0.717, 1.165) is 26.6 Å². The summed E-state index contributed by atoms with van der Waals surface area (Å²) in [5.74, 6) is 0. The third kappa shape index (κ3) is 4.00. The first-order chi connectivity index (χ1) is 9.22. The van der Waals surface area contributed by atoms with Crippen molar-refractivity contribution < 1.29 is 4.74 Å². The molecule has 0 aliphatic carbocycles. The lowest BCUT2D eigenvalue weighted by molar-refractivity contribution is 0.197. The van der Waals surface area contributed by atoms with Gasteiger partial charge in [-0.15, -0.1) is 11.3 Å². The fraction of sp³-hybridized carbons (Fsp3) is 0.308. The van der Waals surface area contributed by atoms with Gasteiger partial charge >= 0.3 is 0 Å². The molecular weight excluding hydrogens is 348 g/mol. The van der Waals surface area contributed by atoms with Crippen molar-refractivity contribution in [2.75, 3.05) is 20.3 Å². The van der Waals surface area contributed by atoms with Crippen LogP contribution in [0.4, 0.5) is 0 Å². The minimum absolute atomic E-state index is 0.0138. The van der Waals surface area contributed by atoms with Crippen LogP contribution in [0.2, 0.25) is 5.02 Å². The van der Waals surface area contributed by atoms with E-state index in [-0.39, 0.29) is 6.04 Å². The van der Waals surface area contributed by atoms with Crippen molar-refractivity contribution in [2.24, 2.45) is 0 Å². The lowest BCUT2D eigenvalue weighted by Gasteiger charge is -2.18. The summed E-state index contributed by atoms with van der Waals surface area (Å²) in [5.41, 5.74) is 1.02. The van der Waals surface area contributed by atoms with E-state index in [9.17, 15) is 0 Å². The Labute approximate surface area is 130 Å². The Morgan fingerprint density at radius 2 is 2.37 bits per heavy atom. The van der Waals surface area contributed by atoms with Crippen molar-refractivity contribution in [3.8, 4) is 0 Å². The number of halogens is 2. The molecule has 0 radical (unpaired) electrons. The average Bonchev–Trinajstić information content (AvgIpc) is 2.92. The molecule has 0 aliphatic heterocycles. The lowest BCUT2D eigenvalue weighted by Crippen LogP contribution is -2.26. The maximum Gasteiger partial charge on any atom is 0.114 e. The zero-order valence-corrected chi connectivity index (χ0v) is 13.6. The van der Waals surface area contributed by atoms with Gasteiger partial charge in [0.25, 0.3) is 0 Å². The van der Waals surface area contributed by atoms with Gasteiger partial charge in [0, 0.05) is 34.7 Å². The number of benzene rings is 1. The SMILES string of the molecule is COCCNC(c1nccs1)c1cc(Br)ccc1Cl. The third-order valence-electron chi connectivity index (χ3n) is 2.62. The molecule has 1 N–H and O–H groups in total. The molecule has 19 heavy (non-hydrogen) atoms. The highest BCUT2D eigenvalue weighted by molar-refractivity contribution is 9.10. The highest BCUT2D eigenvalue weighted by Gasteiger charge is 2.19. The highest BCUT2D eigenvalue weighted by atomic mass is 79.9. The Balaban J connectivity index is 2.28. The molecule has 2 rings (SSSR count). The molecule has 1 aromatic heterocycles. The van der Waals surface area contributed by atoms with Gasteiger partial charge in [-0.1, -0.05) is 27.5 Å². The van der Waals surface area contributed by atoms with E-state index < -0.39 is 0 Å². The largest absolute Gasteiger partial charge is 0.383 e. The van der Waals surface area contributed by atoms with Crippen LogP contribution in [0.5, 0.6) is 0 Å². The van der Waals surface area contributed by atoms with E-state index in [0.29, 0.717) is 6.61 Å². The summed E-state index contributed by atoms with van der Waals surface area (Å²) in [6.45, 7) is 1.39. The van der Waals surface area contributed by atoms with E-state index in [2.05, 4.69) is 26.2 Å². The van der Waals surface area contributed by atoms with Crippen LogP contribution in [0.25, 0.3) is 0 Å². The average molecular weight is 362 g/mol. The first kappa shape index (κ1) is 14.9. The summed E-state index contributed by atoms with van der Waals surface area (Å²) < 4.78 is 6.08. The Bertz CT molecular complexity index is 521. The quantitative estimate of drug-likeness (QED) is 0.793. The number of methoxy groups -OCH3 is 1. The summed E-state index contributed by atoms with van der Waals surface area (Å²) >= 11 is 11.4. The monoisotopic (exact) mass is 360 g/mol. The van der Waals surface area contributed by atoms with E-state index in [1.54, 1.807) is 24.6 Å². The highest BCUT2D eigenvalue weighted by Crippen LogP contribution is 2.31. The molecule has 3 nitrogen and oxygen atoms in total. The summed E-state index contributed by atoms with van der Waals surface area (Å²) in [7, 11) is 1.69. The van der Waals surface area contributed by atoms with Gasteiger partial charge < -0.3 is 10.1 Å². The van der Waals surface area contributed by atoms with Gasteiger partial charge in [-0.05, 0) is 23.8 Å². The summed E-state index contributed by atoms with van der Waals surface area (Å²) in [5, 5.41) is 7.12. The van der Waals surface area contributed by atoms with Gasteiger partial charge in [0.15, 0.2) is 0 Å². The molecular formula is C13H14BrClN2OS. The predicted octanol–water partition coefficient (Wildman–Crippen LogP) is 3.88. The standard InChI is InChI=1S/C13H14BrClN2OS/c1-18-6-4-16-12(13-17-5-7-19-13)10-8-9(14)2-3-11(10)15/h2-3,5,7-8,12,16H,4,6H2,1H3. The fourth-order valence-electron chi connectivity index (χ4n) is 1.75. The topological polar surface area (TPSA) is 34.1 Å². The van der Waals surface area contributed by atoms with Crippen LogP contribution in [-0.2, 0) is 4.74 Å². The Hall–Kier alpha value is -0.460. The van der Waals surface area contributed by atoms with Crippen LogP contribution in [0.1, 0.15) is 16.6 Å². The van der Waals surface area contributed by atoms with Gasteiger partial charge in [-0.25, -0.2) is 4.98 Å². The zero-order valence-electron chi connectivity index (χ0n) is 10.4. The maximum atomic E-state index is 6.31. The second-order valence-electron chi connectivity index (χ2n) is 3.92. The second-order valence-corrected chi connectivity index (χ2v) is 6.17. The summed E-state index contributed by atoms with van der Waals surface area (Å²) in [4.78, 5) is 4.38.